The molecule has 0 saturated heterocycles. The van der Waals surface area contributed by atoms with Crippen molar-refractivity contribution in [2.24, 2.45) is 10.9 Å². The van der Waals surface area contributed by atoms with Gasteiger partial charge in [-0.1, -0.05) is 11.6 Å². The molecule has 0 amide bonds. The van der Waals surface area contributed by atoms with Gasteiger partial charge in [0.2, 0.25) is 5.95 Å². The van der Waals surface area contributed by atoms with Crippen LogP contribution < -0.4 is 10.6 Å². The van der Waals surface area contributed by atoms with Gasteiger partial charge in [0.1, 0.15) is 11.7 Å². The molecule has 2 aliphatic rings. The van der Waals surface area contributed by atoms with Crippen molar-refractivity contribution >= 4 is 40.1 Å². The summed E-state index contributed by atoms with van der Waals surface area (Å²) in [5, 5.41) is 8.37. The summed E-state index contributed by atoms with van der Waals surface area (Å²) in [7, 11) is 0. The third kappa shape index (κ3) is 3.53. The minimum atomic E-state index is 0.551. The van der Waals surface area contributed by atoms with Crippen LogP contribution in [0.4, 0.5) is 11.8 Å². The van der Waals surface area contributed by atoms with Gasteiger partial charge in [0.05, 0.1) is 6.54 Å². The number of anilines is 2. The molecule has 1 aliphatic heterocycles. The normalized spacial score (nSPS) is 16.3. The maximum atomic E-state index is 6.38. The van der Waals surface area contributed by atoms with Crippen molar-refractivity contribution in [2.75, 3.05) is 17.2 Å². The number of rotatable bonds is 5. The van der Waals surface area contributed by atoms with Gasteiger partial charge < -0.3 is 15.6 Å². The number of nitrogens with zero attached hydrogens (tertiary/aromatic N) is 3. The van der Waals surface area contributed by atoms with Crippen LogP contribution in [0.2, 0.25) is 5.02 Å². The molecule has 27 heavy (non-hydrogen) atoms. The average Bonchev–Trinajstić information content (AvgIpc) is 3.25. The maximum Gasteiger partial charge on any atom is 0.224 e. The first-order valence-electron chi connectivity index (χ1n) is 9.09. The van der Waals surface area contributed by atoms with Gasteiger partial charge in [-0.15, -0.1) is 0 Å². The molecule has 3 N–H and O–H groups in total. The van der Waals surface area contributed by atoms with E-state index in [1.807, 2.05) is 24.4 Å². The number of aromatic nitrogens is 3. The molecule has 1 fully saturated rings. The highest BCUT2D eigenvalue weighted by atomic mass is 35.5. The first-order valence-corrected chi connectivity index (χ1v) is 9.47. The Morgan fingerprint density at radius 1 is 1.22 bits per heavy atom. The lowest BCUT2D eigenvalue weighted by Gasteiger charge is -2.09. The Kier molecular flexibility index (Phi) is 4.05. The second-order valence-corrected chi connectivity index (χ2v) is 7.35. The molecule has 7 heteroatoms. The fraction of sp³-hybridized carbons (Fsp3) is 0.250. The van der Waals surface area contributed by atoms with Crippen LogP contribution in [-0.4, -0.2) is 27.3 Å². The van der Waals surface area contributed by atoms with E-state index in [2.05, 4.69) is 42.7 Å². The number of hydrogen-bond donors (Lipinski definition) is 3. The summed E-state index contributed by atoms with van der Waals surface area (Å²) in [4.78, 5) is 16.5. The van der Waals surface area contributed by atoms with Crippen molar-refractivity contribution in [1.82, 2.24) is 15.0 Å². The second-order valence-electron chi connectivity index (χ2n) is 6.95. The zero-order valence-corrected chi connectivity index (χ0v) is 15.4. The highest BCUT2D eigenvalue weighted by Crippen LogP contribution is 2.37. The van der Waals surface area contributed by atoms with Gasteiger partial charge in [-0.2, -0.15) is 4.98 Å². The summed E-state index contributed by atoms with van der Waals surface area (Å²) in [6.45, 7) is 1.36. The Hall–Kier alpha value is -2.86. The molecular weight excluding hydrogens is 360 g/mol. The molecule has 136 valence electrons. The molecule has 0 unspecified atom stereocenters. The topological polar surface area (TPSA) is 78.0 Å². The second kappa shape index (κ2) is 6.70. The molecule has 0 atom stereocenters. The lowest BCUT2D eigenvalue weighted by Crippen LogP contribution is -2.11. The quantitative estimate of drug-likeness (QED) is 0.615. The number of H-pyrrole nitrogens is 1. The third-order valence-electron chi connectivity index (χ3n) is 4.92. The van der Waals surface area contributed by atoms with Crippen LogP contribution in [0.1, 0.15) is 18.4 Å². The number of halogens is 1. The number of nitrogens with one attached hydrogen (secondary N) is 3. The molecular formula is C20H19ClN6. The first kappa shape index (κ1) is 16.3. The molecule has 3 heterocycles. The molecule has 2 aromatic heterocycles. The van der Waals surface area contributed by atoms with Gasteiger partial charge in [-0.05, 0) is 65.6 Å². The van der Waals surface area contributed by atoms with Crippen LogP contribution in [0.5, 0.6) is 0 Å². The Labute approximate surface area is 161 Å². The van der Waals surface area contributed by atoms with Crippen LogP contribution in [0, 0.1) is 5.92 Å². The lowest BCUT2D eigenvalue weighted by molar-refractivity contribution is 0.959. The molecule has 3 aromatic rings. The van der Waals surface area contributed by atoms with Crippen molar-refractivity contribution in [2.45, 2.75) is 19.4 Å². The Bertz CT molecular complexity index is 1060. The number of aromatic amines is 1. The van der Waals surface area contributed by atoms with Crippen molar-refractivity contribution in [3.05, 3.63) is 58.9 Å². The molecule has 5 rings (SSSR count). The SMILES string of the molecule is Clc1cc2[nH]ccc2cc1CNc1nccc(NC2=NCC(C3CC3)=C2)n1. The van der Waals surface area contributed by atoms with Crippen LogP contribution in [-0.2, 0) is 6.54 Å². The van der Waals surface area contributed by atoms with Gasteiger partial charge in [-0.25, -0.2) is 4.98 Å². The third-order valence-corrected chi connectivity index (χ3v) is 5.28. The molecule has 1 aliphatic carbocycles. The largest absolute Gasteiger partial charge is 0.361 e. The van der Waals surface area contributed by atoms with E-state index in [1.54, 1.807) is 6.20 Å². The highest BCUT2D eigenvalue weighted by molar-refractivity contribution is 6.32. The number of benzene rings is 1. The van der Waals surface area contributed by atoms with E-state index in [1.165, 1.54) is 18.4 Å². The minimum absolute atomic E-state index is 0.551. The lowest BCUT2D eigenvalue weighted by atomic mass is 10.1. The summed E-state index contributed by atoms with van der Waals surface area (Å²) in [5.74, 6) is 2.90. The van der Waals surface area contributed by atoms with E-state index < -0.39 is 0 Å². The number of hydrogen-bond acceptors (Lipinski definition) is 5. The number of amidine groups is 1. The monoisotopic (exact) mass is 378 g/mol. The van der Waals surface area contributed by atoms with E-state index in [4.69, 9.17) is 11.6 Å². The molecule has 0 bridgehead atoms. The Morgan fingerprint density at radius 3 is 3.04 bits per heavy atom. The van der Waals surface area contributed by atoms with E-state index >= 15 is 0 Å². The fourth-order valence-electron chi connectivity index (χ4n) is 3.30. The summed E-state index contributed by atoms with van der Waals surface area (Å²) in [5.41, 5.74) is 3.46. The summed E-state index contributed by atoms with van der Waals surface area (Å²) in [6, 6.07) is 7.88. The van der Waals surface area contributed by atoms with E-state index in [0.717, 1.165) is 40.6 Å². The summed E-state index contributed by atoms with van der Waals surface area (Å²) in [6.07, 6.45) is 8.39. The van der Waals surface area contributed by atoms with Crippen LogP contribution in [0.3, 0.4) is 0 Å². The Morgan fingerprint density at radius 2 is 2.15 bits per heavy atom. The summed E-state index contributed by atoms with van der Waals surface area (Å²) >= 11 is 6.38. The van der Waals surface area contributed by atoms with E-state index in [-0.39, 0.29) is 0 Å². The molecule has 0 spiro atoms. The van der Waals surface area contributed by atoms with Crippen LogP contribution >= 0.6 is 11.6 Å². The van der Waals surface area contributed by atoms with E-state index in [9.17, 15) is 0 Å². The molecule has 1 aromatic carbocycles. The van der Waals surface area contributed by atoms with Gasteiger partial charge in [0, 0.05) is 29.5 Å². The van der Waals surface area contributed by atoms with Gasteiger partial charge >= 0.3 is 0 Å². The molecule has 6 nitrogen and oxygen atoms in total. The van der Waals surface area contributed by atoms with Crippen LogP contribution in [0.15, 0.2) is 53.3 Å². The Balaban J connectivity index is 1.27. The van der Waals surface area contributed by atoms with Gasteiger partial charge in [0.25, 0.3) is 0 Å². The zero-order chi connectivity index (χ0) is 18.2. The van der Waals surface area contributed by atoms with Crippen molar-refractivity contribution in [3.8, 4) is 0 Å². The van der Waals surface area contributed by atoms with Crippen molar-refractivity contribution in [3.63, 3.8) is 0 Å². The zero-order valence-electron chi connectivity index (χ0n) is 14.7. The smallest absolute Gasteiger partial charge is 0.224 e. The minimum Gasteiger partial charge on any atom is -0.361 e. The predicted octanol–water partition coefficient (Wildman–Crippen LogP) is 4.38. The van der Waals surface area contributed by atoms with Crippen LogP contribution in [0.25, 0.3) is 10.9 Å². The van der Waals surface area contributed by atoms with Gasteiger partial charge in [-0.3, -0.25) is 4.99 Å². The summed E-state index contributed by atoms with van der Waals surface area (Å²) < 4.78 is 0. The molecule has 0 radical (unpaired) electrons. The average molecular weight is 379 g/mol. The number of aliphatic imine (C=N–C) groups is 1. The van der Waals surface area contributed by atoms with Gasteiger partial charge in [0.15, 0.2) is 0 Å². The predicted molar refractivity (Wildman–Crippen MR) is 109 cm³/mol. The van der Waals surface area contributed by atoms with Crippen molar-refractivity contribution in [1.29, 1.82) is 0 Å². The number of fused-ring (bicyclic) bond motifs is 1. The fourth-order valence-corrected chi connectivity index (χ4v) is 3.53. The maximum absolute atomic E-state index is 6.38. The van der Waals surface area contributed by atoms with Crippen molar-refractivity contribution < 1.29 is 0 Å². The highest BCUT2D eigenvalue weighted by Gasteiger charge is 2.27. The molecule has 1 saturated carbocycles. The first-order chi connectivity index (χ1) is 13.2. The standard InChI is InChI=1S/C20H19ClN6/c21-16-9-17-13(3-5-22-17)7-15(16)11-25-20-23-6-4-18(27-20)26-19-8-14(10-24-19)12-1-2-12/h3-9,12,22H,1-2,10-11H2,(H2,23,24,25,26,27). The van der Waals surface area contributed by atoms with E-state index in [0.29, 0.717) is 17.5 Å².